The van der Waals surface area contributed by atoms with Gasteiger partial charge in [-0.05, 0) is 12.1 Å². The topological polar surface area (TPSA) is 50.2 Å². The predicted octanol–water partition coefficient (Wildman–Crippen LogP) is 2.04. The van der Waals surface area contributed by atoms with E-state index in [0.717, 1.165) is 4.90 Å². The molecule has 0 aliphatic rings. The quantitative estimate of drug-likeness (QED) is 0.750. The van der Waals surface area contributed by atoms with Gasteiger partial charge < -0.3 is 5.11 Å². The lowest BCUT2D eigenvalue weighted by molar-refractivity contribution is -0.136. The molecule has 0 spiro atoms. The summed E-state index contributed by atoms with van der Waals surface area (Å²) in [4.78, 5) is 15.3. The van der Waals surface area contributed by atoms with Gasteiger partial charge in [0.15, 0.2) is 0 Å². The molecule has 4 heteroatoms. The first kappa shape index (κ1) is 10.1. The smallest absolute Gasteiger partial charge is 0.304 e. The van der Waals surface area contributed by atoms with Crippen LogP contribution >= 0.6 is 11.8 Å². The molecule has 1 aromatic rings. The summed E-state index contributed by atoms with van der Waals surface area (Å²) in [6, 6.07) is 3.76. The molecule has 0 bridgehead atoms. The second-order valence-corrected chi connectivity index (χ2v) is 4.22. The summed E-state index contributed by atoms with van der Waals surface area (Å²) in [6.07, 6.45) is 3.60. The van der Waals surface area contributed by atoms with Crippen LogP contribution in [0.3, 0.4) is 0 Å². The van der Waals surface area contributed by atoms with Gasteiger partial charge in [0.2, 0.25) is 0 Å². The van der Waals surface area contributed by atoms with Gasteiger partial charge in [-0.15, -0.1) is 11.8 Å². The zero-order valence-corrected chi connectivity index (χ0v) is 8.12. The van der Waals surface area contributed by atoms with E-state index in [9.17, 15) is 4.79 Å². The molecule has 1 rings (SSSR count). The zero-order chi connectivity index (χ0) is 9.68. The van der Waals surface area contributed by atoms with Crippen molar-refractivity contribution in [3.05, 3.63) is 24.5 Å². The third-order valence-corrected chi connectivity index (χ3v) is 2.56. The summed E-state index contributed by atoms with van der Waals surface area (Å²) < 4.78 is 0. The van der Waals surface area contributed by atoms with Crippen molar-refractivity contribution < 1.29 is 9.90 Å². The molecule has 1 unspecified atom stereocenters. The fourth-order valence-electron chi connectivity index (χ4n) is 0.937. The minimum atomic E-state index is -0.756. The minimum absolute atomic E-state index is 0.0971. The average Bonchev–Trinajstić information content (AvgIpc) is 2.04. The van der Waals surface area contributed by atoms with Crippen LogP contribution in [0.4, 0.5) is 0 Å². The van der Waals surface area contributed by atoms with Gasteiger partial charge in [-0.1, -0.05) is 6.92 Å². The third-order valence-electron chi connectivity index (χ3n) is 1.45. The summed E-state index contributed by atoms with van der Waals surface area (Å²) in [7, 11) is 0. The highest BCUT2D eigenvalue weighted by Crippen LogP contribution is 2.23. The van der Waals surface area contributed by atoms with E-state index in [1.165, 1.54) is 0 Å². The number of pyridine rings is 1. The van der Waals surface area contributed by atoms with Gasteiger partial charge >= 0.3 is 5.97 Å². The van der Waals surface area contributed by atoms with Crippen molar-refractivity contribution in [2.75, 3.05) is 0 Å². The molecule has 0 aromatic carbocycles. The van der Waals surface area contributed by atoms with Crippen LogP contribution in [-0.4, -0.2) is 21.3 Å². The number of aliphatic carboxylic acids is 1. The van der Waals surface area contributed by atoms with Crippen LogP contribution in [0.1, 0.15) is 13.3 Å². The molecule has 0 aliphatic carbocycles. The standard InChI is InChI=1S/C9H11NO2S/c1-7(6-9(11)12)13-8-2-4-10-5-3-8/h2-5,7H,6H2,1H3,(H,11,12). The summed E-state index contributed by atoms with van der Waals surface area (Å²) in [6.45, 7) is 1.90. The number of hydrogen-bond acceptors (Lipinski definition) is 3. The number of nitrogens with zero attached hydrogens (tertiary/aromatic N) is 1. The van der Waals surface area contributed by atoms with Gasteiger partial charge in [0.25, 0.3) is 0 Å². The molecule has 1 aromatic heterocycles. The number of rotatable bonds is 4. The van der Waals surface area contributed by atoms with Crippen molar-refractivity contribution in [3.63, 3.8) is 0 Å². The molecular formula is C9H11NO2S. The monoisotopic (exact) mass is 197 g/mol. The fraction of sp³-hybridized carbons (Fsp3) is 0.333. The lowest BCUT2D eigenvalue weighted by Crippen LogP contribution is -2.05. The molecule has 0 saturated carbocycles. The zero-order valence-electron chi connectivity index (χ0n) is 7.30. The molecule has 1 N–H and O–H groups in total. The molecule has 0 saturated heterocycles. The van der Waals surface area contributed by atoms with Gasteiger partial charge in [0, 0.05) is 22.5 Å². The van der Waals surface area contributed by atoms with E-state index in [1.54, 1.807) is 24.2 Å². The van der Waals surface area contributed by atoms with E-state index >= 15 is 0 Å². The second-order valence-electron chi connectivity index (χ2n) is 2.71. The molecule has 0 radical (unpaired) electrons. The van der Waals surface area contributed by atoms with Crippen LogP contribution in [-0.2, 0) is 4.79 Å². The Morgan fingerprint density at radius 2 is 2.23 bits per heavy atom. The molecule has 0 amide bonds. The molecule has 1 heterocycles. The largest absolute Gasteiger partial charge is 0.481 e. The molecule has 0 fully saturated rings. The van der Waals surface area contributed by atoms with Crippen LogP contribution < -0.4 is 0 Å². The van der Waals surface area contributed by atoms with Gasteiger partial charge in [-0.3, -0.25) is 9.78 Å². The Hall–Kier alpha value is -1.03. The maximum absolute atomic E-state index is 10.4. The Labute approximate surface area is 81.2 Å². The van der Waals surface area contributed by atoms with Crippen LogP contribution in [0, 0.1) is 0 Å². The number of carboxylic acids is 1. The van der Waals surface area contributed by atoms with Crippen LogP contribution in [0.25, 0.3) is 0 Å². The van der Waals surface area contributed by atoms with Crippen molar-refractivity contribution in [2.24, 2.45) is 0 Å². The van der Waals surface area contributed by atoms with Crippen molar-refractivity contribution in [1.29, 1.82) is 0 Å². The van der Waals surface area contributed by atoms with Crippen LogP contribution in [0.5, 0.6) is 0 Å². The van der Waals surface area contributed by atoms with E-state index in [-0.39, 0.29) is 11.7 Å². The van der Waals surface area contributed by atoms with Gasteiger partial charge in [-0.2, -0.15) is 0 Å². The Kier molecular flexibility index (Phi) is 3.76. The van der Waals surface area contributed by atoms with Crippen molar-refractivity contribution >= 4 is 17.7 Å². The van der Waals surface area contributed by atoms with Gasteiger partial charge in [0.1, 0.15) is 0 Å². The SMILES string of the molecule is CC(CC(=O)O)Sc1ccncc1. The first-order chi connectivity index (χ1) is 6.18. The Balaban J connectivity index is 2.45. The molecule has 1 atom stereocenters. The highest BCUT2D eigenvalue weighted by atomic mass is 32.2. The van der Waals surface area contributed by atoms with Crippen molar-refractivity contribution in [2.45, 2.75) is 23.5 Å². The van der Waals surface area contributed by atoms with E-state index < -0.39 is 5.97 Å². The molecule has 13 heavy (non-hydrogen) atoms. The number of thioether (sulfide) groups is 1. The lowest BCUT2D eigenvalue weighted by atomic mass is 10.3. The summed E-state index contributed by atoms with van der Waals surface area (Å²) in [5.41, 5.74) is 0. The van der Waals surface area contributed by atoms with E-state index in [1.807, 2.05) is 19.1 Å². The lowest BCUT2D eigenvalue weighted by Gasteiger charge is -2.07. The number of hydrogen-bond donors (Lipinski definition) is 1. The molecule has 70 valence electrons. The second kappa shape index (κ2) is 4.87. The first-order valence-electron chi connectivity index (χ1n) is 3.97. The highest BCUT2D eigenvalue weighted by molar-refractivity contribution is 8.00. The van der Waals surface area contributed by atoms with E-state index in [2.05, 4.69) is 4.98 Å². The van der Waals surface area contributed by atoms with Crippen LogP contribution in [0.2, 0.25) is 0 Å². The fourth-order valence-corrected chi connectivity index (χ4v) is 1.91. The maximum Gasteiger partial charge on any atom is 0.304 e. The molecule has 0 aliphatic heterocycles. The number of carboxylic acid groups (broad SMARTS) is 1. The normalized spacial score (nSPS) is 12.4. The van der Waals surface area contributed by atoms with Crippen LogP contribution in [0.15, 0.2) is 29.4 Å². The van der Waals surface area contributed by atoms with Gasteiger partial charge in [0.05, 0.1) is 6.42 Å². The first-order valence-corrected chi connectivity index (χ1v) is 4.85. The Morgan fingerprint density at radius 3 is 2.77 bits per heavy atom. The van der Waals surface area contributed by atoms with Gasteiger partial charge in [-0.25, -0.2) is 0 Å². The predicted molar refractivity (Wildman–Crippen MR) is 51.8 cm³/mol. The van der Waals surface area contributed by atoms with Crippen molar-refractivity contribution in [1.82, 2.24) is 4.98 Å². The number of carbonyl (C=O) groups is 1. The van der Waals surface area contributed by atoms with Crippen molar-refractivity contribution in [3.8, 4) is 0 Å². The maximum atomic E-state index is 10.4. The van der Waals surface area contributed by atoms with E-state index in [4.69, 9.17) is 5.11 Å². The Morgan fingerprint density at radius 1 is 1.62 bits per heavy atom. The summed E-state index contributed by atoms with van der Waals surface area (Å²) >= 11 is 1.55. The summed E-state index contributed by atoms with van der Waals surface area (Å²) in [5.74, 6) is -0.756. The molecular weight excluding hydrogens is 186 g/mol. The molecule has 3 nitrogen and oxygen atoms in total. The minimum Gasteiger partial charge on any atom is -0.481 e. The highest BCUT2D eigenvalue weighted by Gasteiger charge is 2.08. The number of aromatic nitrogens is 1. The van der Waals surface area contributed by atoms with E-state index in [0.29, 0.717) is 0 Å². The average molecular weight is 197 g/mol. The summed E-state index contributed by atoms with van der Waals surface area (Å²) in [5, 5.41) is 8.63. The Bertz CT molecular complexity index is 276. The third kappa shape index (κ3) is 3.94.